The summed E-state index contributed by atoms with van der Waals surface area (Å²) >= 11 is 0. The molecule has 8 nitrogen and oxygen atoms in total. The van der Waals surface area contributed by atoms with Crippen molar-refractivity contribution < 1.29 is 27.9 Å². The molecule has 1 fully saturated rings. The van der Waals surface area contributed by atoms with Crippen LogP contribution in [-0.2, 0) is 6.18 Å². The zero-order valence-electron chi connectivity index (χ0n) is 19.2. The molecular weight excluding hydrogens is 475 g/mol. The third-order valence-electron chi connectivity index (χ3n) is 6.12. The van der Waals surface area contributed by atoms with Gasteiger partial charge in [-0.3, -0.25) is 14.6 Å². The lowest BCUT2D eigenvalue weighted by atomic mass is 9.87. The van der Waals surface area contributed by atoms with Crippen LogP contribution in [0, 0.1) is 5.92 Å². The maximum absolute atomic E-state index is 13.3. The van der Waals surface area contributed by atoms with Crippen molar-refractivity contribution in [1.82, 2.24) is 20.5 Å². The maximum atomic E-state index is 13.3. The summed E-state index contributed by atoms with van der Waals surface area (Å²) in [5, 5.41) is 20.8. The van der Waals surface area contributed by atoms with Gasteiger partial charge in [0.2, 0.25) is 0 Å². The Labute approximate surface area is 205 Å². The van der Waals surface area contributed by atoms with Gasteiger partial charge in [0.05, 0.1) is 11.7 Å². The van der Waals surface area contributed by atoms with Crippen LogP contribution in [0.3, 0.4) is 0 Å². The molecule has 1 aliphatic rings. The van der Waals surface area contributed by atoms with Gasteiger partial charge in [-0.1, -0.05) is 18.2 Å². The molecule has 4 rings (SSSR count). The highest BCUT2D eigenvalue weighted by molar-refractivity contribution is 5.99. The second kappa shape index (κ2) is 10.8. The monoisotopic (exact) mass is 499 g/mol. The number of nitrogens with zero attached hydrogens (tertiary/aromatic N) is 4. The molecule has 1 aliphatic heterocycles. The number of amides is 1. The van der Waals surface area contributed by atoms with Gasteiger partial charge in [0, 0.05) is 43.5 Å². The minimum Gasteiger partial charge on any atom is -0.387 e. The Morgan fingerprint density at radius 1 is 1.03 bits per heavy atom. The Morgan fingerprint density at radius 3 is 2.36 bits per heavy atom. The number of carbonyl (C=O) groups is 2. The van der Waals surface area contributed by atoms with E-state index in [4.69, 9.17) is 0 Å². The number of benzene rings is 1. The second-order valence-electron chi connectivity index (χ2n) is 8.45. The summed E-state index contributed by atoms with van der Waals surface area (Å²) < 4.78 is 39.9. The number of hydrogen-bond donors (Lipinski definition) is 2. The molecule has 2 N–H and O–H groups in total. The van der Waals surface area contributed by atoms with Crippen LogP contribution in [0.4, 0.5) is 19.0 Å². The number of halogens is 3. The Balaban J connectivity index is 1.32. The highest BCUT2D eigenvalue weighted by atomic mass is 19.4. The average molecular weight is 499 g/mol. The molecule has 0 saturated carbocycles. The number of hydrogen-bond acceptors (Lipinski definition) is 7. The van der Waals surface area contributed by atoms with Gasteiger partial charge in [0.1, 0.15) is 0 Å². The normalized spacial score (nSPS) is 15.4. The van der Waals surface area contributed by atoms with Crippen LogP contribution >= 0.6 is 0 Å². The number of rotatable bonds is 7. The van der Waals surface area contributed by atoms with Gasteiger partial charge in [0.15, 0.2) is 17.3 Å². The van der Waals surface area contributed by atoms with Crippen LogP contribution in [0.15, 0.2) is 60.9 Å². The molecule has 0 bridgehead atoms. The summed E-state index contributed by atoms with van der Waals surface area (Å²) in [6.07, 6.45) is -1.64. The van der Waals surface area contributed by atoms with Crippen molar-refractivity contribution in [2.24, 2.45) is 5.92 Å². The molecule has 36 heavy (non-hydrogen) atoms. The fraction of sp³-hybridized carbons (Fsp3) is 0.320. The van der Waals surface area contributed by atoms with Gasteiger partial charge < -0.3 is 15.3 Å². The number of aliphatic hydroxyl groups excluding tert-OH is 1. The first-order valence-corrected chi connectivity index (χ1v) is 11.4. The number of anilines is 1. The number of alkyl halides is 3. The van der Waals surface area contributed by atoms with Gasteiger partial charge >= 0.3 is 6.18 Å². The summed E-state index contributed by atoms with van der Waals surface area (Å²) in [6.45, 7) is 0.831. The van der Waals surface area contributed by atoms with Gasteiger partial charge in [0.25, 0.3) is 5.91 Å². The number of aromatic nitrogens is 3. The van der Waals surface area contributed by atoms with Crippen LogP contribution in [-0.4, -0.2) is 51.6 Å². The highest BCUT2D eigenvalue weighted by Gasteiger charge is 2.37. The first-order chi connectivity index (χ1) is 17.2. The summed E-state index contributed by atoms with van der Waals surface area (Å²) in [5.41, 5.74) is -0.511. The van der Waals surface area contributed by atoms with Gasteiger partial charge in [-0.2, -0.15) is 13.2 Å². The quantitative estimate of drug-likeness (QED) is 0.480. The molecule has 1 amide bonds. The van der Waals surface area contributed by atoms with Crippen molar-refractivity contribution in [3.05, 3.63) is 83.3 Å². The largest absolute Gasteiger partial charge is 0.417 e. The molecule has 0 spiro atoms. The van der Waals surface area contributed by atoms with Gasteiger partial charge in [-0.25, -0.2) is 0 Å². The molecule has 3 aromatic rings. The Kier molecular flexibility index (Phi) is 7.58. The lowest BCUT2D eigenvalue weighted by Crippen LogP contribution is -2.37. The molecular formula is C25H24F3N5O3. The molecule has 1 atom stereocenters. The molecule has 1 aromatic carbocycles. The Hall–Kier alpha value is -3.86. The van der Waals surface area contributed by atoms with Crippen molar-refractivity contribution in [2.45, 2.75) is 25.1 Å². The number of ketones is 1. The molecule has 0 radical (unpaired) electrons. The predicted molar refractivity (Wildman–Crippen MR) is 124 cm³/mol. The van der Waals surface area contributed by atoms with E-state index < -0.39 is 35.5 Å². The van der Waals surface area contributed by atoms with E-state index in [9.17, 15) is 27.9 Å². The fourth-order valence-electron chi connectivity index (χ4n) is 4.13. The van der Waals surface area contributed by atoms with Crippen LogP contribution in [0.5, 0.6) is 0 Å². The molecule has 0 aliphatic carbocycles. The number of carbonyl (C=O) groups excluding carboxylic acids is 2. The van der Waals surface area contributed by atoms with E-state index in [2.05, 4.69) is 20.5 Å². The van der Waals surface area contributed by atoms with Gasteiger partial charge in [-0.15, -0.1) is 10.2 Å². The van der Waals surface area contributed by atoms with Crippen LogP contribution < -0.4 is 10.2 Å². The van der Waals surface area contributed by atoms with E-state index in [-0.39, 0.29) is 17.8 Å². The fourth-order valence-corrected chi connectivity index (χ4v) is 4.13. The average Bonchev–Trinajstić information content (AvgIpc) is 2.91. The van der Waals surface area contributed by atoms with Crippen molar-refractivity contribution in [3.8, 4) is 0 Å². The van der Waals surface area contributed by atoms with Crippen molar-refractivity contribution in [3.63, 3.8) is 0 Å². The van der Waals surface area contributed by atoms with Crippen LogP contribution in [0.2, 0.25) is 0 Å². The van der Waals surface area contributed by atoms with E-state index >= 15 is 0 Å². The molecule has 3 heterocycles. The third kappa shape index (κ3) is 5.85. The summed E-state index contributed by atoms with van der Waals surface area (Å²) in [7, 11) is 0. The Bertz CT molecular complexity index is 1200. The first kappa shape index (κ1) is 25.2. The molecule has 2 aromatic heterocycles. The first-order valence-electron chi connectivity index (χ1n) is 11.4. The third-order valence-corrected chi connectivity index (χ3v) is 6.12. The molecule has 188 valence electrons. The van der Waals surface area contributed by atoms with Crippen molar-refractivity contribution >= 4 is 17.5 Å². The van der Waals surface area contributed by atoms with Crippen molar-refractivity contribution in [1.29, 1.82) is 0 Å². The number of pyridine rings is 1. The van der Waals surface area contributed by atoms with E-state index in [0.717, 1.165) is 6.07 Å². The summed E-state index contributed by atoms with van der Waals surface area (Å²) in [6, 6.07) is 11.3. The number of nitrogens with one attached hydrogen (secondary N) is 1. The molecule has 11 heteroatoms. The summed E-state index contributed by atoms with van der Waals surface area (Å²) in [5.74, 6) is -1.01. The number of Topliss-reactive ketones (excluding diaryl/α,β-unsaturated/α-hetero) is 1. The standard InChI is InChI=1S/C25H24F3N5O3/c26-25(27,28)19-4-2-1-3-18(19)23(35)17-9-13-33(14-10-17)22-6-5-20(31-32-22)24(36)30-15-21(34)16-7-11-29-12-8-16/h1-8,11-12,17,21,34H,9-10,13-15H2,(H,30,36). The number of aliphatic hydroxyl groups is 1. The maximum Gasteiger partial charge on any atom is 0.417 e. The highest BCUT2D eigenvalue weighted by Crippen LogP contribution is 2.34. The van der Waals surface area contributed by atoms with Crippen molar-refractivity contribution in [2.75, 3.05) is 24.5 Å². The van der Waals surface area contributed by atoms with E-state index in [1.165, 1.54) is 24.3 Å². The summed E-state index contributed by atoms with van der Waals surface area (Å²) in [4.78, 5) is 30.9. The topological polar surface area (TPSA) is 108 Å². The minimum absolute atomic E-state index is 0.00864. The van der Waals surface area contributed by atoms with Crippen LogP contribution in [0.25, 0.3) is 0 Å². The minimum atomic E-state index is -4.59. The zero-order chi connectivity index (χ0) is 25.7. The van der Waals surface area contributed by atoms with E-state index in [1.54, 1.807) is 30.6 Å². The predicted octanol–water partition coefficient (Wildman–Crippen LogP) is 3.45. The molecule has 1 saturated heterocycles. The Morgan fingerprint density at radius 2 is 1.72 bits per heavy atom. The van der Waals surface area contributed by atoms with Gasteiger partial charge in [-0.05, 0) is 48.7 Å². The molecule has 1 unspecified atom stereocenters. The van der Waals surface area contributed by atoms with Crippen LogP contribution in [0.1, 0.15) is 50.9 Å². The van der Waals surface area contributed by atoms with E-state index in [1.807, 2.05) is 4.90 Å². The number of piperidine rings is 1. The SMILES string of the molecule is O=C(NCC(O)c1ccncc1)c1ccc(N2CCC(C(=O)c3ccccc3C(F)(F)F)CC2)nn1. The van der Waals surface area contributed by atoms with E-state index in [0.29, 0.717) is 37.3 Å². The second-order valence-corrected chi connectivity index (χ2v) is 8.45. The lowest BCUT2D eigenvalue weighted by molar-refractivity contribution is -0.137. The lowest BCUT2D eigenvalue weighted by Gasteiger charge is -2.32. The smallest absolute Gasteiger partial charge is 0.387 e. The zero-order valence-corrected chi connectivity index (χ0v) is 19.2.